The van der Waals surface area contributed by atoms with Crippen molar-refractivity contribution in [3.63, 3.8) is 0 Å². The van der Waals surface area contributed by atoms with Gasteiger partial charge in [-0.2, -0.15) is 10.3 Å². The molecule has 29 heavy (non-hydrogen) atoms. The molecule has 0 aliphatic rings. The van der Waals surface area contributed by atoms with Gasteiger partial charge in [0.05, 0.1) is 10.7 Å². The molecular formula is C18H14Cl2N6O3. The van der Waals surface area contributed by atoms with Crippen LogP contribution in [0.1, 0.15) is 11.5 Å². The van der Waals surface area contributed by atoms with Crippen LogP contribution in [-0.4, -0.2) is 35.9 Å². The second-order valence-electron chi connectivity index (χ2n) is 6.00. The maximum absolute atomic E-state index is 10.5. The number of aromatic hydroxyl groups is 1. The van der Waals surface area contributed by atoms with Crippen LogP contribution in [0.4, 0.5) is 0 Å². The zero-order valence-electron chi connectivity index (χ0n) is 15.0. The Labute approximate surface area is 174 Å². The number of nitrogens with one attached hydrogen (secondary N) is 2. The van der Waals surface area contributed by atoms with E-state index in [1.807, 2.05) is 0 Å². The third-order valence-corrected chi connectivity index (χ3v) is 4.51. The molecule has 0 saturated carbocycles. The first-order valence-corrected chi connectivity index (χ1v) is 9.13. The van der Waals surface area contributed by atoms with Crippen molar-refractivity contribution >= 4 is 23.2 Å². The van der Waals surface area contributed by atoms with Crippen molar-refractivity contribution in [1.82, 2.24) is 30.8 Å². The van der Waals surface area contributed by atoms with Gasteiger partial charge in [-0.05, 0) is 37.3 Å². The summed E-state index contributed by atoms with van der Waals surface area (Å²) < 4.78 is 11.5. The maximum Gasteiger partial charge on any atom is 0.211 e. The van der Waals surface area contributed by atoms with Gasteiger partial charge < -0.3 is 14.6 Å². The van der Waals surface area contributed by atoms with Gasteiger partial charge in [0.25, 0.3) is 0 Å². The zero-order valence-corrected chi connectivity index (χ0v) is 16.5. The van der Waals surface area contributed by atoms with Crippen LogP contribution in [0, 0.1) is 6.92 Å². The summed E-state index contributed by atoms with van der Waals surface area (Å²) >= 11 is 12.1. The molecule has 0 aliphatic heterocycles. The number of hydrogen-bond donors (Lipinski definition) is 3. The van der Waals surface area contributed by atoms with E-state index in [-0.39, 0.29) is 12.4 Å². The molecule has 2 aromatic carbocycles. The highest BCUT2D eigenvalue weighted by Gasteiger charge is 2.19. The summed E-state index contributed by atoms with van der Waals surface area (Å²) in [6.45, 7) is 1.91. The van der Waals surface area contributed by atoms with Gasteiger partial charge >= 0.3 is 0 Å². The van der Waals surface area contributed by atoms with Gasteiger partial charge in [0.1, 0.15) is 22.9 Å². The predicted octanol–water partition coefficient (Wildman–Crippen LogP) is 4.28. The first-order chi connectivity index (χ1) is 14.0. The molecule has 0 radical (unpaired) electrons. The number of ether oxygens (including phenoxy) is 2. The van der Waals surface area contributed by atoms with Crippen LogP contribution in [0.15, 0.2) is 36.4 Å². The lowest BCUT2D eigenvalue weighted by atomic mass is 10.1. The lowest BCUT2D eigenvalue weighted by Crippen LogP contribution is -1.98. The number of H-pyrrole nitrogens is 2. The molecule has 0 amide bonds. The van der Waals surface area contributed by atoms with E-state index in [0.717, 1.165) is 0 Å². The van der Waals surface area contributed by atoms with Crippen molar-refractivity contribution in [3.8, 4) is 34.3 Å². The van der Waals surface area contributed by atoms with E-state index in [0.29, 0.717) is 50.1 Å². The SMILES string of the molecule is Cc1[nH]nc(-c2ccc(OCc3nn[nH]n3)cc2O)c1Oc1ccc(Cl)cc1Cl. The third-order valence-electron chi connectivity index (χ3n) is 3.98. The molecule has 2 heterocycles. The fourth-order valence-corrected chi connectivity index (χ4v) is 3.03. The van der Waals surface area contributed by atoms with Crippen LogP contribution in [0.5, 0.6) is 23.0 Å². The Bertz CT molecular complexity index is 1150. The predicted molar refractivity (Wildman–Crippen MR) is 105 cm³/mol. The van der Waals surface area contributed by atoms with Gasteiger partial charge in [-0.3, -0.25) is 5.10 Å². The Kier molecular flexibility index (Phi) is 5.24. The van der Waals surface area contributed by atoms with E-state index in [1.165, 1.54) is 6.07 Å². The van der Waals surface area contributed by atoms with E-state index in [9.17, 15) is 5.11 Å². The third kappa shape index (κ3) is 4.10. The van der Waals surface area contributed by atoms with Gasteiger partial charge in [-0.1, -0.05) is 28.4 Å². The second kappa shape index (κ2) is 7.98. The number of phenolic OH excluding ortho intramolecular Hbond substituents is 1. The minimum absolute atomic E-state index is 0.0332. The molecular weight excluding hydrogens is 419 g/mol. The van der Waals surface area contributed by atoms with E-state index < -0.39 is 0 Å². The second-order valence-corrected chi connectivity index (χ2v) is 6.84. The quantitative estimate of drug-likeness (QED) is 0.415. The summed E-state index contributed by atoms with van der Waals surface area (Å²) in [5, 5.41) is 31.9. The maximum atomic E-state index is 10.5. The fraction of sp³-hybridized carbons (Fsp3) is 0.111. The molecule has 0 fully saturated rings. The van der Waals surface area contributed by atoms with Gasteiger partial charge in [-0.15, -0.1) is 10.2 Å². The first kappa shape index (κ1) is 19.0. The van der Waals surface area contributed by atoms with Gasteiger partial charge in [0, 0.05) is 16.7 Å². The van der Waals surface area contributed by atoms with Gasteiger partial charge in [0.2, 0.25) is 5.82 Å². The van der Waals surface area contributed by atoms with Crippen molar-refractivity contribution < 1.29 is 14.6 Å². The van der Waals surface area contributed by atoms with Crippen LogP contribution in [0.3, 0.4) is 0 Å². The summed E-state index contributed by atoms with van der Waals surface area (Å²) in [5.74, 6) is 1.65. The number of aryl methyl sites for hydroxylation is 1. The first-order valence-electron chi connectivity index (χ1n) is 8.37. The molecule has 148 valence electrons. The highest BCUT2D eigenvalue weighted by atomic mass is 35.5. The van der Waals surface area contributed by atoms with Crippen molar-refractivity contribution in [2.24, 2.45) is 0 Å². The molecule has 3 N–H and O–H groups in total. The molecule has 0 aliphatic carbocycles. The fourth-order valence-electron chi connectivity index (χ4n) is 2.59. The smallest absolute Gasteiger partial charge is 0.211 e. The summed E-state index contributed by atoms with van der Waals surface area (Å²) in [4.78, 5) is 0. The van der Waals surface area contributed by atoms with Crippen LogP contribution < -0.4 is 9.47 Å². The topological polar surface area (TPSA) is 122 Å². The number of phenols is 1. The molecule has 11 heteroatoms. The summed E-state index contributed by atoms with van der Waals surface area (Å²) in [7, 11) is 0. The molecule has 2 aromatic heterocycles. The van der Waals surface area contributed by atoms with Crippen LogP contribution >= 0.6 is 23.2 Å². The molecule has 0 bridgehead atoms. The van der Waals surface area contributed by atoms with Crippen molar-refractivity contribution in [2.75, 3.05) is 0 Å². The van der Waals surface area contributed by atoms with Crippen LogP contribution in [0.2, 0.25) is 10.0 Å². The Morgan fingerprint density at radius 1 is 1.10 bits per heavy atom. The average molecular weight is 433 g/mol. The summed E-state index contributed by atoms with van der Waals surface area (Å²) in [5.41, 5.74) is 1.56. The lowest BCUT2D eigenvalue weighted by molar-refractivity contribution is 0.294. The lowest BCUT2D eigenvalue weighted by Gasteiger charge is -2.11. The van der Waals surface area contributed by atoms with E-state index in [1.54, 1.807) is 37.3 Å². The summed E-state index contributed by atoms with van der Waals surface area (Å²) in [6, 6.07) is 9.76. The highest BCUT2D eigenvalue weighted by molar-refractivity contribution is 6.35. The number of tetrazole rings is 1. The monoisotopic (exact) mass is 432 g/mol. The van der Waals surface area contributed by atoms with Crippen molar-refractivity contribution in [3.05, 3.63) is 58.0 Å². The van der Waals surface area contributed by atoms with E-state index >= 15 is 0 Å². The Morgan fingerprint density at radius 3 is 2.69 bits per heavy atom. The molecule has 9 nitrogen and oxygen atoms in total. The van der Waals surface area contributed by atoms with E-state index in [4.69, 9.17) is 32.7 Å². The van der Waals surface area contributed by atoms with E-state index in [2.05, 4.69) is 30.8 Å². The number of aromatic amines is 2. The molecule has 4 aromatic rings. The Hall–Kier alpha value is -3.30. The number of rotatable bonds is 6. The summed E-state index contributed by atoms with van der Waals surface area (Å²) in [6.07, 6.45) is 0. The van der Waals surface area contributed by atoms with Crippen LogP contribution in [-0.2, 0) is 6.61 Å². The molecule has 4 rings (SSSR count). The average Bonchev–Trinajstić information content (AvgIpc) is 3.33. The number of aromatic nitrogens is 6. The minimum Gasteiger partial charge on any atom is -0.507 e. The molecule has 0 spiro atoms. The molecule has 0 unspecified atom stereocenters. The number of nitrogens with zero attached hydrogens (tertiary/aromatic N) is 4. The largest absolute Gasteiger partial charge is 0.507 e. The van der Waals surface area contributed by atoms with Crippen molar-refractivity contribution in [2.45, 2.75) is 13.5 Å². The van der Waals surface area contributed by atoms with Gasteiger partial charge in [-0.25, -0.2) is 0 Å². The normalized spacial score (nSPS) is 10.9. The number of halogens is 2. The highest BCUT2D eigenvalue weighted by Crippen LogP contribution is 2.41. The van der Waals surface area contributed by atoms with Crippen molar-refractivity contribution in [1.29, 1.82) is 0 Å². The Morgan fingerprint density at radius 2 is 1.97 bits per heavy atom. The molecule has 0 saturated heterocycles. The standard InChI is InChI=1S/C18H14Cl2N6O3/c1-9-18(29-15-5-2-10(19)6-13(15)20)17(24-21-9)12-4-3-11(7-14(12)27)28-8-16-22-25-26-23-16/h2-7,27H,8H2,1H3,(H,21,24)(H,22,23,25,26). The molecule has 0 atom stereocenters. The Balaban J connectivity index is 1.60. The van der Waals surface area contributed by atoms with Crippen LogP contribution in [0.25, 0.3) is 11.3 Å². The van der Waals surface area contributed by atoms with Gasteiger partial charge in [0.15, 0.2) is 12.4 Å². The zero-order chi connectivity index (χ0) is 20.4. The minimum atomic E-state index is -0.0332. The number of hydrogen-bond acceptors (Lipinski definition) is 7. The number of benzene rings is 2.